The van der Waals surface area contributed by atoms with Gasteiger partial charge in [-0.25, -0.2) is 4.68 Å². The molecule has 17 heavy (non-hydrogen) atoms. The highest BCUT2D eigenvalue weighted by Crippen LogP contribution is 2.09. The number of aromatic nitrogens is 2. The SMILES string of the molecule is OCCCNCc1cccc(-n2cccn2)c1. The molecule has 90 valence electrons. The van der Waals surface area contributed by atoms with Gasteiger partial charge in [-0.1, -0.05) is 12.1 Å². The molecule has 2 N–H and O–H groups in total. The minimum Gasteiger partial charge on any atom is -0.396 e. The van der Waals surface area contributed by atoms with Crippen LogP contribution in [0.4, 0.5) is 0 Å². The molecular weight excluding hydrogens is 214 g/mol. The van der Waals surface area contributed by atoms with Crippen LogP contribution in [-0.4, -0.2) is 28.0 Å². The average molecular weight is 231 g/mol. The van der Waals surface area contributed by atoms with E-state index < -0.39 is 0 Å². The number of hydrogen-bond donors (Lipinski definition) is 2. The van der Waals surface area contributed by atoms with Crippen molar-refractivity contribution in [2.45, 2.75) is 13.0 Å². The number of rotatable bonds is 6. The fraction of sp³-hybridized carbons (Fsp3) is 0.308. The molecule has 2 aromatic rings. The molecule has 0 saturated carbocycles. The first-order valence-electron chi connectivity index (χ1n) is 5.80. The molecule has 4 heteroatoms. The summed E-state index contributed by atoms with van der Waals surface area (Å²) in [4.78, 5) is 0. The van der Waals surface area contributed by atoms with Crippen molar-refractivity contribution in [1.29, 1.82) is 0 Å². The summed E-state index contributed by atoms with van der Waals surface area (Å²) >= 11 is 0. The number of hydrogen-bond acceptors (Lipinski definition) is 3. The van der Waals surface area contributed by atoms with E-state index in [9.17, 15) is 0 Å². The Hall–Kier alpha value is -1.65. The molecule has 0 spiro atoms. The van der Waals surface area contributed by atoms with Gasteiger partial charge in [-0.15, -0.1) is 0 Å². The number of nitrogens with one attached hydrogen (secondary N) is 1. The van der Waals surface area contributed by atoms with E-state index in [0.29, 0.717) is 0 Å². The first-order valence-corrected chi connectivity index (χ1v) is 5.80. The van der Waals surface area contributed by atoms with Gasteiger partial charge in [0.2, 0.25) is 0 Å². The van der Waals surface area contributed by atoms with Crippen molar-refractivity contribution in [2.75, 3.05) is 13.2 Å². The van der Waals surface area contributed by atoms with Crippen LogP contribution in [0, 0.1) is 0 Å². The van der Waals surface area contributed by atoms with Gasteiger partial charge in [0.05, 0.1) is 5.69 Å². The van der Waals surface area contributed by atoms with Gasteiger partial charge in [-0.2, -0.15) is 5.10 Å². The summed E-state index contributed by atoms with van der Waals surface area (Å²) in [5.74, 6) is 0. The van der Waals surface area contributed by atoms with Crippen LogP contribution < -0.4 is 5.32 Å². The summed E-state index contributed by atoms with van der Waals surface area (Å²) in [6.07, 6.45) is 4.49. The van der Waals surface area contributed by atoms with E-state index in [1.807, 2.05) is 29.1 Å². The lowest BCUT2D eigenvalue weighted by Crippen LogP contribution is -2.15. The molecule has 0 aliphatic heterocycles. The van der Waals surface area contributed by atoms with Crippen molar-refractivity contribution < 1.29 is 5.11 Å². The highest BCUT2D eigenvalue weighted by Gasteiger charge is 1.98. The second-order valence-corrected chi connectivity index (χ2v) is 3.87. The average Bonchev–Trinajstić information content (AvgIpc) is 2.89. The van der Waals surface area contributed by atoms with Gasteiger partial charge in [-0.05, 0) is 36.7 Å². The van der Waals surface area contributed by atoms with Crippen LogP contribution in [0.5, 0.6) is 0 Å². The summed E-state index contributed by atoms with van der Waals surface area (Å²) in [6.45, 7) is 1.89. The Kier molecular flexibility index (Phi) is 4.30. The maximum Gasteiger partial charge on any atom is 0.0648 e. The highest BCUT2D eigenvalue weighted by molar-refractivity contribution is 5.34. The van der Waals surface area contributed by atoms with Gasteiger partial charge in [0, 0.05) is 25.5 Å². The van der Waals surface area contributed by atoms with E-state index in [4.69, 9.17) is 5.11 Å². The largest absolute Gasteiger partial charge is 0.396 e. The van der Waals surface area contributed by atoms with Crippen LogP contribution in [-0.2, 0) is 6.54 Å². The van der Waals surface area contributed by atoms with Crippen molar-refractivity contribution in [3.8, 4) is 5.69 Å². The second kappa shape index (κ2) is 6.18. The second-order valence-electron chi connectivity index (χ2n) is 3.87. The van der Waals surface area contributed by atoms with E-state index in [1.54, 1.807) is 6.20 Å². The lowest BCUT2D eigenvalue weighted by atomic mass is 10.2. The predicted molar refractivity (Wildman–Crippen MR) is 67.0 cm³/mol. The third kappa shape index (κ3) is 3.41. The molecule has 0 atom stereocenters. The van der Waals surface area contributed by atoms with Gasteiger partial charge in [-0.3, -0.25) is 0 Å². The molecule has 4 nitrogen and oxygen atoms in total. The molecule has 0 saturated heterocycles. The first-order chi connectivity index (χ1) is 8.40. The summed E-state index contributed by atoms with van der Waals surface area (Å²) in [5, 5.41) is 16.2. The molecule has 0 aliphatic rings. The molecule has 0 unspecified atom stereocenters. The normalized spacial score (nSPS) is 10.6. The number of aliphatic hydroxyl groups is 1. The molecule has 0 fully saturated rings. The van der Waals surface area contributed by atoms with Crippen LogP contribution in [0.2, 0.25) is 0 Å². The van der Waals surface area contributed by atoms with Crippen molar-refractivity contribution in [3.63, 3.8) is 0 Å². The van der Waals surface area contributed by atoms with Crippen molar-refractivity contribution >= 4 is 0 Å². The molecule has 1 heterocycles. The Morgan fingerprint density at radius 1 is 1.29 bits per heavy atom. The van der Waals surface area contributed by atoms with Gasteiger partial charge in [0.15, 0.2) is 0 Å². The van der Waals surface area contributed by atoms with E-state index in [-0.39, 0.29) is 6.61 Å². The van der Waals surface area contributed by atoms with Crippen molar-refractivity contribution in [2.24, 2.45) is 0 Å². The maximum atomic E-state index is 8.68. The maximum absolute atomic E-state index is 8.68. The molecule has 1 aromatic carbocycles. The zero-order chi connectivity index (χ0) is 11.9. The van der Waals surface area contributed by atoms with E-state index in [0.717, 1.165) is 25.2 Å². The zero-order valence-corrected chi connectivity index (χ0v) is 9.71. The zero-order valence-electron chi connectivity index (χ0n) is 9.71. The summed E-state index contributed by atoms with van der Waals surface area (Å²) < 4.78 is 1.84. The van der Waals surface area contributed by atoms with Gasteiger partial charge >= 0.3 is 0 Å². The van der Waals surface area contributed by atoms with Crippen LogP contribution in [0.3, 0.4) is 0 Å². The third-order valence-corrected chi connectivity index (χ3v) is 2.52. The quantitative estimate of drug-likeness (QED) is 0.738. The minimum absolute atomic E-state index is 0.236. The Morgan fingerprint density at radius 2 is 2.24 bits per heavy atom. The van der Waals surface area contributed by atoms with E-state index >= 15 is 0 Å². The summed E-state index contributed by atoms with van der Waals surface area (Å²) in [5.41, 5.74) is 2.28. The lowest BCUT2D eigenvalue weighted by molar-refractivity contribution is 0.286. The first kappa shape index (κ1) is 11.8. The number of aliphatic hydroxyl groups excluding tert-OH is 1. The minimum atomic E-state index is 0.236. The monoisotopic (exact) mass is 231 g/mol. The Labute approximate surface area is 101 Å². The van der Waals surface area contributed by atoms with Crippen LogP contribution in [0.1, 0.15) is 12.0 Å². The fourth-order valence-corrected chi connectivity index (χ4v) is 1.67. The highest BCUT2D eigenvalue weighted by atomic mass is 16.3. The Bertz CT molecular complexity index is 440. The van der Waals surface area contributed by atoms with E-state index in [2.05, 4.69) is 22.5 Å². The summed E-state index contributed by atoms with van der Waals surface area (Å²) in [6, 6.07) is 10.2. The van der Waals surface area contributed by atoms with Gasteiger partial charge in [0.25, 0.3) is 0 Å². The molecule has 0 radical (unpaired) electrons. The topological polar surface area (TPSA) is 50.1 Å². The van der Waals surface area contributed by atoms with Crippen molar-refractivity contribution in [1.82, 2.24) is 15.1 Å². The van der Waals surface area contributed by atoms with Gasteiger partial charge < -0.3 is 10.4 Å². The molecule has 0 aliphatic carbocycles. The number of nitrogens with zero attached hydrogens (tertiary/aromatic N) is 2. The standard InChI is InChI=1S/C13H17N3O/c17-9-3-6-14-11-12-4-1-5-13(10-12)16-8-2-7-15-16/h1-2,4-5,7-8,10,14,17H,3,6,9,11H2. The summed E-state index contributed by atoms with van der Waals surface area (Å²) in [7, 11) is 0. The van der Waals surface area contributed by atoms with Crippen LogP contribution in [0.25, 0.3) is 5.69 Å². The van der Waals surface area contributed by atoms with E-state index in [1.165, 1.54) is 5.56 Å². The Morgan fingerprint density at radius 3 is 3.00 bits per heavy atom. The molecule has 0 amide bonds. The Balaban J connectivity index is 1.97. The predicted octanol–water partition coefficient (Wildman–Crippen LogP) is 1.34. The lowest BCUT2D eigenvalue weighted by Gasteiger charge is -2.06. The molecule has 2 rings (SSSR count). The smallest absolute Gasteiger partial charge is 0.0648 e. The van der Waals surface area contributed by atoms with Crippen molar-refractivity contribution in [3.05, 3.63) is 48.3 Å². The molecule has 1 aromatic heterocycles. The van der Waals surface area contributed by atoms with Gasteiger partial charge in [0.1, 0.15) is 0 Å². The third-order valence-electron chi connectivity index (χ3n) is 2.52. The van der Waals surface area contributed by atoms with Crippen LogP contribution in [0.15, 0.2) is 42.7 Å². The fourth-order valence-electron chi connectivity index (χ4n) is 1.67. The van der Waals surface area contributed by atoms with Crippen LogP contribution >= 0.6 is 0 Å². The molecular formula is C13H17N3O. The number of benzene rings is 1. The molecule has 0 bridgehead atoms.